The molecule has 2 aliphatic rings. The molecule has 0 fully saturated rings. The molecule has 226 valence electrons. The Morgan fingerprint density at radius 1 is 1.12 bits per heavy atom. The number of methoxy groups -OCH3 is 1. The van der Waals surface area contributed by atoms with E-state index in [2.05, 4.69) is 20.0 Å². The second-order valence-corrected chi connectivity index (χ2v) is 11.0. The Kier molecular flexibility index (Phi) is 8.92. The van der Waals surface area contributed by atoms with Gasteiger partial charge in [0.25, 0.3) is 15.9 Å². The molecule has 2 aliphatic heterocycles. The monoisotopic (exact) mass is 631 g/mol. The van der Waals surface area contributed by atoms with Gasteiger partial charge >= 0.3 is 6.09 Å². The fraction of sp³-hybridized carbons (Fsp3) is 0.222. The number of hydrogen-bond acceptors (Lipinski definition) is 12. The zero-order chi connectivity index (χ0) is 30.4. The maximum Gasteiger partial charge on any atom is 0.411 e. The van der Waals surface area contributed by atoms with E-state index in [-0.39, 0.29) is 58.9 Å². The quantitative estimate of drug-likeness (QED) is 0.294. The molecule has 0 aliphatic carbocycles. The first-order valence-corrected chi connectivity index (χ1v) is 14.5. The number of nitrogens with one attached hydrogen (secondary N) is 2. The molecule has 43 heavy (non-hydrogen) atoms. The minimum absolute atomic E-state index is 0.0178. The molecule has 0 saturated carbocycles. The Morgan fingerprint density at radius 3 is 2.77 bits per heavy atom. The van der Waals surface area contributed by atoms with Crippen molar-refractivity contribution in [1.29, 1.82) is 0 Å². The average molecular weight is 632 g/mol. The molecule has 0 saturated heterocycles. The van der Waals surface area contributed by atoms with Crippen LogP contribution in [-0.2, 0) is 14.8 Å². The predicted octanol–water partition coefficient (Wildman–Crippen LogP) is 3.91. The van der Waals surface area contributed by atoms with Crippen LogP contribution < -0.4 is 33.7 Å². The molecule has 0 atom stereocenters. The van der Waals surface area contributed by atoms with Gasteiger partial charge in [-0.25, -0.2) is 18.2 Å². The van der Waals surface area contributed by atoms with Crippen molar-refractivity contribution in [2.75, 3.05) is 45.4 Å². The van der Waals surface area contributed by atoms with Crippen molar-refractivity contribution in [3.05, 3.63) is 71.8 Å². The third-order valence-electron chi connectivity index (χ3n) is 5.88. The molecule has 14 nitrogen and oxygen atoms in total. The molecule has 2 aromatic carbocycles. The topological polar surface area (TPSA) is 160 Å². The zero-order valence-electron chi connectivity index (χ0n) is 22.9. The number of rotatable bonds is 11. The minimum atomic E-state index is -4.20. The maximum atomic E-state index is 13.3. The van der Waals surface area contributed by atoms with Crippen LogP contribution in [0.4, 0.5) is 10.6 Å². The highest BCUT2D eigenvalue weighted by Gasteiger charge is 2.25. The lowest BCUT2D eigenvalue weighted by molar-refractivity contribution is 0.124. The number of alkyl carbamates (subject to hydrolysis) is 1. The van der Waals surface area contributed by atoms with Crippen LogP contribution in [0.5, 0.6) is 34.6 Å². The number of aromatic nitrogens is 2. The summed E-state index contributed by atoms with van der Waals surface area (Å²) in [7, 11) is -0.869. The third kappa shape index (κ3) is 7.31. The number of likely N-dealkylation sites (N-methyl/N-ethyl adjacent to an activating group) is 1. The molecule has 0 unspecified atom stereocenters. The lowest BCUT2D eigenvalue weighted by Crippen LogP contribution is -2.31. The van der Waals surface area contributed by atoms with Gasteiger partial charge in [0.15, 0.2) is 17.3 Å². The summed E-state index contributed by atoms with van der Waals surface area (Å²) in [4.78, 5) is 22.2. The van der Waals surface area contributed by atoms with E-state index in [4.69, 9.17) is 40.0 Å². The third-order valence-corrected chi connectivity index (χ3v) is 7.53. The number of sulfonamides is 1. The molecular formula is C27H26ClN5O9S. The fourth-order valence-corrected chi connectivity index (χ4v) is 5.04. The summed E-state index contributed by atoms with van der Waals surface area (Å²) in [6, 6.07) is 8.82. The van der Waals surface area contributed by atoms with Gasteiger partial charge in [-0.05, 0) is 42.6 Å². The minimum Gasteiger partial charge on any atom is -0.497 e. The van der Waals surface area contributed by atoms with E-state index in [9.17, 15) is 13.2 Å². The molecule has 16 heteroatoms. The number of carbonyl (C=O) groups is 1. The summed E-state index contributed by atoms with van der Waals surface area (Å²) in [5.74, 6) is 0.638. The highest BCUT2D eigenvalue weighted by molar-refractivity contribution is 7.92. The summed E-state index contributed by atoms with van der Waals surface area (Å²) in [5, 5.41) is 2.85. The number of fused-ring (bicyclic) bond motifs is 1. The molecule has 3 heterocycles. The van der Waals surface area contributed by atoms with Gasteiger partial charge in [-0.1, -0.05) is 11.6 Å². The van der Waals surface area contributed by atoms with E-state index < -0.39 is 16.1 Å². The van der Waals surface area contributed by atoms with E-state index in [1.165, 1.54) is 37.4 Å². The first kappa shape index (κ1) is 29.6. The molecule has 2 N–H and O–H groups in total. The Bertz CT molecular complexity index is 1680. The van der Waals surface area contributed by atoms with Gasteiger partial charge in [-0.2, -0.15) is 4.98 Å². The molecule has 1 aromatic heterocycles. The van der Waals surface area contributed by atoms with Gasteiger partial charge in [-0.3, -0.25) is 10.0 Å². The number of allylic oxidation sites excluding steroid dienone is 2. The summed E-state index contributed by atoms with van der Waals surface area (Å²) >= 11 is 6.34. The number of anilines is 1. The number of nitrogens with zero attached hydrogens (tertiary/aromatic N) is 3. The van der Waals surface area contributed by atoms with E-state index in [0.717, 1.165) is 6.33 Å². The SMILES string of the molecule is COc1ccc(Cl)c(Oc2c(NS(=O)(=O)c3ccc4c(c3)OCO4)ncnc2OCCOC(=O)NC2=CC=CN(C)C2)c1. The fourth-order valence-electron chi connectivity index (χ4n) is 3.86. The van der Waals surface area contributed by atoms with Gasteiger partial charge in [0.2, 0.25) is 12.5 Å². The normalized spacial score (nSPS) is 13.7. The zero-order valence-corrected chi connectivity index (χ0v) is 24.5. The van der Waals surface area contributed by atoms with Crippen molar-refractivity contribution in [3.8, 4) is 34.6 Å². The van der Waals surface area contributed by atoms with E-state index in [1.807, 2.05) is 18.1 Å². The molecule has 1 amide bonds. The van der Waals surface area contributed by atoms with Crippen molar-refractivity contribution in [1.82, 2.24) is 20.2 Å². The smallest absolute Gasteiger partial charge is 0.411 e. The number of amides is 1. The van der Waals surface area contributed by atoms with Crippen LogP contribution in [0, 0.1) is 0 Å². The van der Waals surface area contributed by atoms with Crippen molar-refractivity contribution >= 4 is 33.5 Å². The largest absolute Gasteiger partial charge is 0.497 e. The van der Waals surface area contributed by atoms with Crippen molar-refractivity contribution in [2.45, 2.75) is 4.90 Å². The average Bonchev–Trinajstić information content (AvgIpc) is 3.46. The predicted molar refractivity (Wildman–Crippen MR) is 153 cm³/mol. The number of benzene rings is 2. The molecular weight excluding hydrogens is 606 g/mol. The standard InChI is InChI=1S/C27H26ClN5O9S/c1-33-9-3-4-17(14-33)31-27(34)39-11-10-38-26-24(42-22-12-18(37-2)5-7-20(22)28)25(29-15-30-26)32-43(35,36)19-6-8-21-23(13-19)41-16-40-21/h3-9,12-13,15H,10-11,14,16H2,1-2H3,(H,31,34)(H,29,30,32). The lowest BCUT2D eigenvalue weighted by Gasteiger charge is -2.20. The number of carbonyl (C=O) groups excluding carboxylic acids is 1. The van der Waals surface area contributed by atoms with Gasteiger partial charge in [0.05, 0.1) is 23.6 Å². The number of ether oxygens (including phenoxy) is 6. The van der Waals surface area contributed by atoms with E-state index in [0.29, 0.717) is 23.7 Å². The van der Waals surface area contributed by atoms with Crippen LogP contribution >= 0.6 is 11.6 Å². The Balaban J connectivity index is 1.35. The first-order chi connectivity index (χ1) is 20.7. The van der Waals surface area contributed by atoms with E-state index >= 15 is 0 Å². The Hall–Kier alpha value is -4.89. The maximum absolute atomic E-state index is 13.3. The molecule has 0 radical (unpaired) electrons. The molecule has 5 rings (SSSR count). The summed E-state index contributed by atoms with van der Waals surface area (Å²) in [5.41, 5.74) is 0.664. The highest BCUT2D eigenvalue weighted by atomic mass is 35.5. The Labute approximate surface area is 251 Å². The van der Waals surface area contributed by atoms with Gasteiger partial charge < -0.3 is 33.3 Å². The number of hydrogen-bond donors (Lipinski definition) is 2. The summed E-state index contributed by atoms with van der Waals surface area (Å²) < 4.78 is 61.7. The highest BCUT2D eigenvalue weighted by Crippen LogP contribution is 2.41. The van der Waals surface area contributed by atoms with Gasteiger partial charge in [0.1, 0.15) is 31.0 Å². The molecule has 0 bridgehead atoms. The summed E-state index contributed by atoms with van der Waals surface area (Å²) in [6.07, 6.45) is 5.84. The molecule has 3 aromatic rings. The van der Waals surface area contributed by atoms with Crippen molar-refractivity contribution in [2.24, 2.45) is 0 Å². The second-order valence-electron chi connectivity index (χ2n) is 8.93. The van der Waals surface area contributed by atoms with E-state index in [1.54, 1.807) is 18.2 Å². The van der Waals surface area contributed by atoms with Gasteiger partial charge in [-0.15, -0.1) is 0 Å². The second kappa shape index (κ2) is 13.0. The van der Waals surface area contributed by atoms with Gasteiger partial charge in [0, 0.05) is 24.9 Å². The Morgan fingerprint density at radius 2 is 1.95 bits per heavy atom. The lowest BCUT2D eigenvalue weighted by atomic mass is 10.3. The van der Waals surface area contributed by atoms with Crippen molar-refractivity contribution in [3.63, 3.8) is 0 Å². The summed E-state index contributed by atoms with van der Waals surface area (Å²) in [6.45, 7) is 0.184. The number of halogens is 1. The van der Waals surface area contributed by atoms with Crippen LogP contribution in [0.3, 0.4) is 0 Å². The first-order valence-electron chi connectivity index (χ1n) is 12.6. The van der Waals surface area contributed by atoms with Crippen LogP contribution in [0.2, 0.25) is 5.02 Å². The van der Waals surface area contributed by atoms with Crippen LogP contribution in [0.15, 0.2) is 71.7 Å². The van der Waals surface area contributed by atoms with Crippen LogP contribution in [0.25, 0.3) is 0 Å². The van der Waals surface area contributed by atoms with Crippen molar-refractivity contribution < 1.29 is 41.6 Å². The van der Waals surface area contributed by atoms with Crippen LogP contribution in [-0.4, -0.2) is 70.1 Å². The van der Waals surface area contributed by atoms with Crippen LogP contribution in [0.1, 0.15) is 0 Å². The molecule has 0 spiro atoms.